The summed E-state index contributed by atoms with van der Waals surface area (Å²) in [6.45, 7) is 5.18. The van der Waals surface area contributed by atoms with Crippen molar-refractivity contribution in [2.24, 2.45) is 11.1 Å². The number of carbonyl (C=O) groups excluding carboxylic acids is 4. The lowest BCUT2D eigenvalue weighted by atomic mass is 9.91. The molecule has 2 aromatic carbocycles. The van der Waals surface area contributed by atoms with Crippen molar-refractivity contribution >= 4 is 62.7 Å². The molecule has 0 bridgehead atoms. The Kier molecular flexibility index (Phi) is 11.4. The number of benzene rings is 2. The van der Waals surface area contributed by atoms with Crippen LogP contribution in [-0.2, 0) is 25.6 Å². The molecule has 0 radical (unpaired) electrons. The number of halogens is 1. The third kappa shape index (κ3) is 9.54. The van der Waals surface area contributed by atoms with Crippen molar-refractivity contribution in [2.75, 3.05) is 29.0 Å². The Morgan fingerprint density at radius 1 is 1.00 bits per heavy atom. The lowest BCUT2D eigenvalue weighted by molar-refractivity contribution is -0.139. The van der Waals surface area contributed by atoms with E-state index >= 15 is 0 Å². The molecule has 3 rings (SSSR count). The second-order valence-corrected chi connectivity index (χ2v) is 10.9. The molecule has 222 valence electrons. The Bertz CT molecular complexity index is 1420. The number of amides is 4. The van der Waals surface area contributed by atoms with E-state index < -0.39 is 23.3 Å². The monoisotopic (exact) mass is 638 g/mol. The highest BCUT2D eigenvalue weighted by Gasteiger charge is 2.33. The normalized spacial score (nSPS) is 11.6. The average molecular weight is 640 g/mol. The minimum atomic E-state index is -1.28. The molecule has 1 heterocycles. The van der Waals surface area contributed by atoms with E-state index in [9.17, 15) is 19.2 Å². The number of hydrogen-bond donors (Lipinski definition) is 6. The summed E-state index contributed by atoms with van der Waals surface area (Å²) in [5.41, 5.74) is 6.10. The van der Waals surface area contributed by atoms with Crippen LogP contribution < -0.4 is 32.3 Å². The van der Waals surface area contributed by atoms with Crippen LogP contribution in [0.5, 0.6) is 0 Å². The minimum Gasteiger partial charge on any atom is -0.369 e. The molecule has 0 aliphatic carbocycles. The summed E-state index contributed by atoms with van der Waals surface area (Å²) in [6.07, 6.45) is 2.53. The third-order valence-electron chi connectivity index (χ3n) is 6.22. The van der Waals surface area contributed by atoms with Gasteiger partial charge in [0.15, 0.2) is 0 Å². The van der Waals surface area contributed by atoms with E-state index in [1.807, 2.05) is 30.3 Å². The number of carbonyl (C=O) groups is 4. The SMILES string of the molecule is CC(=O)N[C@H](Cc1ccccc1)C(=O)Nc1cccc(Nc2ncc(Br)c(NCCCNC(=O)C(C)(C)C(N)=O)n2)c1. The molecular weight excluding hydrogens is 604 g/mol. The minimum absolute atomic E-state index is 0.296. The summed E-state index contributed by atoms with van der Waals surface area (Å²) in [7, 11) is 0. The molecule has 4 amide bonds. The first-order valence-corrected chi connectivity index (χ1v) is 14.1. The summed E-state index contributed by atoms with van der Waals surface area (Å²) in [6, 6.07) is 15.8. The van der Waals surface area contributed by atoms with Gasteiger partial charge in [-0.1, -0.05) is 36.4 Å². The number of hydrogen-bond acceptors (Lipinski definition) is 8. The lowest BCUT2D eigenvalue weighted by Gasteiger charge is -2.19. The third-order valence-corrected chi connectivity index (χ3v) is 6.80. The summed E-state index contributed by atoms with van der Waals surface area (Å²) < 4.78 is 0.649. The van der Waals surface area contributed by atoms with Gasteiger partial charge < -0.3 is 32.3 Å². The van der Waals surface area contributed by atoms with Crippen LogP contribution in [0.2, 0.25) is 0 Å². The molecule has 0 aliphatic heterocycles. The van der Waals surface area contributed by atoms with Crippen LogP contribution >= 0.6 is 15.9 Å². The topological polar surface area (TPSA) is 180 Å². The zero-order chi connectivity index (χ0) is 30.7. The maximum Gasteiger partial charge on any atom is 0.247 e. The molecule has 7 N–H and O–H groups in total. The van der Waals surface area contributed by atoms with Crippen LogP contribution in [0.25, 0.3) is 0 Å². The van der Waals surface area contributed by atoms with E-state index in [0.29, 0.717) is 53.5 Å². The van der Waals surface area contributed by atoms with Crippen molar-refractivity contribution in [1.82, 2.24) is 20.6 Å². The zero-order valence-electron chi connectivity index (χ0n) is 23.7. The fourth-order valence-corrected chi connectivity index (χ4v) is 4.05. The van der Waals surface area contributed by atoms with Crippen LogP contribution in [0.3, 0.4) is 0 Å². The average Bonchev–Trinajstić information content (AvgIpc) is 2.94. The van der Waals surface area contributed by atoms with E-state index in [-0.39, 0.29) is 11.8 Å². The number of nitrogens with zero attached hydrogens (tertiary/aromatic N) is 2. The fraction of sp³-hybridized carbons (Fsp3) is 0.310. The molecule has 0 spiro atoms. The Labute approximate surface area is 252 Å². The van der Waals surface area contributed by atoms with Crippen LogP contribution in [0.1, 0.15) is 32.8 Å². The number of rotatable bonds is 14. The van der Waals surface area contributed by atoms with Gasteiger partial charge in [0.05, 0.1) is 4.47 Å². The summed E-state index contributed by atoms with van der Waals surface area (Å²) in [5, 5.41) is 14.6. The molecule has 0 saturated heterocycles. The number of primary amides is 1. The second kappa shape index (κ2) is 14.9. The molecule has 0 aliphatic rings. The van der Waals surface area contributed by atoms with Crippen molar-refractivity contribution < 1.29 is 19.2 Å². The highest BCUT2D eigenvalue weighted by atomic mass is 79.9. The molecular formula is C29H35BrN8O4. The molecule has 12 nitrogen and oxygen atoms in total. The molecule has 1 atom stereocenters. The summed E-state index contributed by atoms with van der Waals surface area (Å²) in [5.74, 6) is -0.888. The predicted octanol–water partition coefficient (Wildman–Crippen LogP) is 3.10. The van der Waals surface area contributed by atoms with Crippen molar-refractivity contribution in [2.45, 2.75) is 39.7 Å². The largest absolute Gasteiger partial charge is 0.369 e. The van der Waals surface area contributed by atoms with Crippen LogP contribution in [0, 0.1) is 5.41 Å². The van der Waals surface area contributed by atoms with Crippen LogP contribution in [-0.4, -0.2) is 52.7 Å². The predicted molar refractivity (Wildman–Crippen MR) is 165 cm³/mol. The van der Waals surface area contributed by atoms with Gasteiger partial charge in [-0.25, -0.2) is 4.98 Å². The van der Waals surface area contributed by atoms with Gasteiger partial charge in [0.25, 0.3) is 0 Å². The van der Waals surface area contributed by atoms with Crippen LogP contribution in [0.15, 0.2) is 65.3 Å². The van der Waals surface area contributed by atoms with Crippen LogP contribution in [0.4, 0.5) is 23.1 Å². The molecule has 3 aromatic rings. The number of anilines is 4. The van der Waals surface area contributed by atoms with Crippen molar-refractivity contribution in [1.29, 1.82) is 0 Å². The smallest absolute Gasteiger partial charge is 0.247 e. The molecule has 42 heavy (non-hydrogen) atoms. The first-order chi connectivity index (χ1) is 20.0. The molecule has 0 fully saturated rings. The van der Waals surface area contributed by atoms with Crippen molar-refractivity contribution in [3.8, 4) is 0 Å². The number of aromatic nitrogens is 2. The van der Waals surface area contributed by atoms with E-state index in [2.05, 4.69) is 52.5 Å². The van der Waals surface area contributed by atoms with Gasteiger partial charge in [-0.2, -0.15) is 4.98 Å². The van der Waals surface area contributed by atoms with E-state index in [1.165, 1.54) is 20.8 Å². The highest BCUT2D eigenvalue weighted by Crippen LogP contribution is 2.23. The summed E-state index contributed by atoms with van der Waals surface area (Å²) >= 11 is 3.43. The lowest BCUT2D eigenvalue weighted by Crippen LogP contribution is -2.46. The second-order valence-electron chi connectivity index (χ2n) is 10.1. The van der Waals surface area contributed by atoms with Gasteiger partial charge in [-0.15, -0.1) is 0 Å². The number of nitrogens with two attached hydrogens (primary N) is 1. The van der Waals surface area contributed by atoms with Gasteiger partial charge in [0, 0.05) is 44.0 Å². The fourth-order valence-electron chi connectivity index (χ4n) is 3.72. The molecule has 0 saturated carbocycles. The summed E-state index contributed by atoms with van der Waals surface area (Å²) in [4.78, 5) is 57.1. The standard InChI is InChI=1S/C29H35BrN8O4/c1-18(39)35-23(15-19-9-5-4-6-10-19)25(40)36-20-11-7-12-21(16-20)37-28-34-17-22(30)24(38-28)32-13-8-14-33-27(42)29(2,3)26(31)41/h4-7,9-12,16-17,23H,8,13-15H2,1-3H3,(H2,31,41)(H,33,42)(H,35,39)(H,36,40)(H2,32,34,37,38)/t23-/m1/s1. The van der Waals surface area contributed by atoms with Gasteiger partial charge in [0.1, 0.15) is 17.3 Å². The quantitative estimate of drug-likeness (QED) is 0.115. The van der Waals surface area contributed by atoms with Crippen molar-refractivity contribution in [3.05, 3.63) is 70.8 Å². The highest BCUT2D eigenvalue weighted by molar-refractivity contribution is 9.10. The van der Waals surface area contributed by atoms with Crippen molar-refractivity contribution in [3.63, 3.8) is 0 Å². The van der Waals surface area contributed by atoms with Gasteiger partial charge in [0.2, 0.25) is 29.6 Å². The van der Waals surface area contributed by atoms with Gasteiger partial charge in [-0.05, 0) is 60.0 Å². The Morgan fingerprint density at radius 2 is 1.71 bits per heavy atom. The maximum absolute atomic E-state index is 13.0. The zero-order valence-corrected chi connectivity index (χ0v) is 25.2. The van der Waals surface area contributed by atoms with Gasteiger partial charge in [-0.3, -0.25) is 19.2 Å². The maximum atomic E-state index is 13.0. The van der Waals surface area contributed by atoms with E-state index in [4.69, 9.17) is 5.73 Å². The Morgan fingerprint density at radius 3 is 2.40 bits per heavy atom. The van der Waals surface area contributed by atoms with E-state index in [1.54, 1.807) is 30.5 Å². The first-order valence-electron chi connectivity index (χ1n) is 13.3. The van der Waals surface area contributed by atoms with E-state index in [0.717, 1.165) is 5.56 Å². The Hall–Kier alpha value is -4.52. The Balaban J connectivity index is 1.58. The van der Waals surface area contributed by atoms with Gasteiger partial charge >= 0.3 is 0 Å². The molecule has 0 unspecified atom stereocenters. The molecule has 1 aromatic heterocycles. The number of nitrogens with one attached hydrogen (secondary N) is 5. The first kappa shape index (κ1) is 32.0. The molecule has 13 heteroatoms.